The van der Waals surface area contributed by atoms with Crippen molar-refractivity contribution in [2.75, 3.05) is 43.3 Å². The number of halogens is 1. The van der Waals surface area contributed by atoms with Gasteiger partial charge in [0.15, 0.2) is 11.5 Å². The molecule has 1 aliphatic heterocycles. The minimum absolute atomic E-state index is 0.0441. The molecule has 0 radical (unpaired) electrons. The summed E-state index contributed by atoms with van der Waals surface area (Å²) in [6, 6.07) is 15.1. The number of hydrogen-bond donors (Lipinski definition) is 5. The highest BCUT2D eigenvalue weighted by Crippen LogP contribution is 2.35. The largest absolute Gasteiger partial charge is 0.493 e. The van der Waals surface area contributed by atoms with E-state index in [2.05, 4.69) is 50.9 Å². The molecule has 292 valence electrons. The van der Waals surface area contributed by atoms with E-state index in [9.17, 15) is 14.4 Å². The van der Waals surface area contributed by atoms with Crippen LogP contribution in [0, 0.1) is 0 Å². The van der Waals surface area contributed by atoms with Crippen LogP contribution in [0.4, 0.5) is 22.6 Å². The first-order valence-electron chi connectivity index (χ1n) is 18.0. The fourth-order valence-electron chi connectivity index (χ4n) is 5.88. The van der Waals surface area contributed by atoms with Crippen molar-refractivity contribution in [3.63, 3.8) is 0 Å². The zero-order chi connectivity index (χ0) is 39.3. The fraction of sp³-hybridized carbons (Fsp3) is 0.395. The molecule has 2 fully saturated rings. The number of H-pyrrole nitrogens is 1. The Balaban J connectivity index is 0.000000162. The van der Waals surface area contributed by atoms with Gasteiger partial charge in [-0.3, -0.25) is 14.9 Å². The standard InChI is InChI=1S/C16H21NO3.C14H11N3O3S.C8H14ClN5/c1-19-14-7-6-11(12-9-16(18)17-10-12)8-15(14)20-13-4-2-3-5-13;1-20-14(19)17-13-15-9-5-4-8(7-10(9)16-13)12(18)11-3-2-6-21-11;1-4-10-7-12-6(9)13-8(14-7)11-5(2)3/h6-8,12-13H,2-5,9-10H2,1H3,(H,17,18);2-7H,1H3,(H2,15,16,17,19);5H,4H2,1-3H3,(H2,10,11,12,13,14). The second kappa shape index (κ2) is 19.7. The Bertz CT molecular complexity index is 2050. The summed E-state index contributed by atoms with van der Waals surface area (Å²) < 4.78 is 16.0. The summed E-state index contributed by atoms with van der Waals surface area (Å²) in [6.07, 6.45) is 5.00. The van der Waals surface area contributed by atoms with E-state index in [4.69, 9.17) is 21.1 Å². The third-order valence-corrected chi connectivity index (χ3v) is 9.53. The molecule has 0 spiro atoms. The monoisotopic (exact) mass is 791 g/mol. The smallest absolute Gasteiger partial charge is 0.413 e. The van der Waals surface area contributed by atoms with Crippen molar-refractivity contribution in [3.05, 3.63) is 75.2 Å². The van der Waals surface area contributed by atoms with Crippen molar-refractivity contribution in [1.82, 2.24) is 30.2 Å². The van der Waals surface area contributed by atoms with Gasteiger partial charge in [-0.25, -0.2) is 9.78 Å². The zero-order valence-electron chi connectivity index (χ0n) is 31.4. The molecule has 1 saturated heterocycles. The number of ether oxygens (including phenoxy) is 3. The number of aromatic nitrogens is 5. The SMILES string of the molecule is CCNc1nc(Cl)nc(NC(C)C)n1.COC(=O)Nc1nc2cc(C(=O)c3cccs3)ccc2[nH]1.COc1ccc(C2CNC(=O)C2)cc1OC1CCCC1. The second-order valence-electron chi connectivity index (χ2n) is 13.0. The van der Waals surface area contributed by atoms with E-state index in [-0.39, 0.29) is 34.9 Å². The van der Waals surface area contributed by atoms with Gasteiger partial charge in [-0.05, 0) is 105 Å². The molecule has 55 heavy (non-hydrogen) atoms. The van der Waals surface area contributed by atoms with Gasteiger partial charge in [0.25, 0.3) is 0 Å². The summed E-state index contributed by atoms with van der Waals surface area (Å²) in [5.74, 6) is 3.19. The maximum absolute atomic E-state index is 12.3. The number of methoxy groups -OCH3 is 2. The number of hydrogen-bond acceptors (Lipinski definition) is 13. The molecular formula is C38H46ClN9O6S. The Morgan fingerprint density at radius 3 is 2.44 bits per heavy atom. The Morgan fingerprint density at radius 2 is 1.78 bits per heavy atom. The van der Waals surface area contributed by atoms with Crippen LogP contribution in [0.3, 0.4) is 0 Å². The number of imidazole rings is 1. The first-order valence-corrected chi connectivity index (χ1v) is 19.3. The molecule has 4 heterocycles. The Labute approximate surface area is 328 Å². The summed E-state index contributed by atoms with van der Waals surface area (Å²) in [5, 5.41) is 13.4. The molecule has 1 aliphatic carbocycles. The quantitative estimate of drug-likeness (QED) is 0.0832. The van der Waals surface area contributed by atoms with Crippen LogP contribution >= 0.6 is 22.9 Å². The molecule has 15 nitrogen and oxygen atoms in total. The van der Waals surface area contributed by atoms with Crippen molar-refractivity contribution in [3.8, 4) is 11.5 Å². The van der Waals surface area contributed by atoms with Gasteiger partial charge in [-0.2, -0.15) is 15.0 Å². The highest BCUT2D eigenvalue weighted by atomic mass is 35.5. The highest BCUT2D eigenvalue weighted by molar-refractivity contribution is 7.12. The number of carbonyl (C=O) groups is 3. The maximum Gasteiger partial charge on any atom is 0.413 e. The van der Waals surface area contributed by atoms with Crippen LogP contribution in [0.15, 0.2) is 53.9 Å². The molecule has 1 atom stereocenters. The Hall–Kier alpha value is -5.48. The molecule has 5 aromatic rings. The molecule has 0 bridgehead atoms. The molecule has 7 rings (SSSR count). The van der Waals surface area contributed by atoms with E-state index < -0.39 is 6.09 Å². The molecule has 1 unspecified atom stereocenters. The van der Waals surface area contributed by atoms with Crippen LogP contribution in [0.25, 0.3) is 11.0 Å². The second-order valence-corrected chi connectivity index (χ2v) is 14.2. The number of ketones is 1. The number of carbonyl (C=O) groups excluding carboxylic acids is 3. The number of fused-ring (bicyclic) bond motifs is 1. The number of nitrogens with one attached hydrogen (secondary N) is 5. The van der Waals surface area contributed by atoms with Crippen molar-refractivity contribution in [1.29, 1.82) is 0 Å². The minimum atomic E-state index is -0.607. The summed E-state index contributed by atoms with van der Waals surface area (Å²) in [7, 11) is 2.94. The van der Waals surface area contributed by atoms with Gasteiger partial charge in [0.1, 0.15) is 0 Å². The molecule has 2 aliphatic rings. The number of thiophene rings is 1. The lowest BCUT2D eigenvalue weighted by Crippen LogP contribution is -2.14. The van der Waals surface area contributed by atoms with Crippen LogP contribution in [-0.4, -0.2) is 82.2 Å². The predicted molar refractivity (Wildman–Crippen MR) is 214 cm³/mol. The average Bonchev–Trinajstić information content (AvgIpc) is 4.00. The molecule has 17 heteroatoms. The third kappa shape index (κ3) is 11.8. The van der Waals surface area contributed by atoms with E-state index in [0.717, 1.165) is 42.0 Å². The number of amides is 2. The van der Waals surface area contributed by atoms with Crippen LogP contribution < -0.4 is 30.7 Å². The summed E-state index contributed by atoms with van der Waals surface area (Å²) in [4.78, 5) is 54.6. The number of benzene rings is 2. The molecule has 3 aromatic heterocycles. The predicted octanol–water partition coefficient (Wildman–Crippen LogP) is 7.43. The van der Waals surface area contributed by atoms with Crippen LogP contribution in [0.1, 0.15) is 79.6 Å². The fourth-order valence-corrected chi connectivity index (χ4v) is 6.73. The molecular weight excluding hydrogens is 746 g/mol. The highest BCUT2D eigenvalue weighted by Gasteiger charge is 2.25. The third-order valence-electron chi connectivity index (χ3n) is 8.49. The minimum Gasteiger partial charge on any atom is -0.493 e. The van der Waals surface area contributed by atoms with Crippen molar-refractivity contribution in [2.45, 2.75) is 70.9 Å². The first kappa shape index (κ1) is 40.7. The van der Waals surface area contributed by atoms with E-state index in [1.807, 2.05) is 50.4 Å². The van der Waals surface area contributed by atoms with Gasteiger partial charge < -0.3 is 35.1 Å². The van der Waals surface area contributed by atoms with Gasteiger partial charge in [-0.15, -0.1) is 11.3 Å². The maximum atomic E-state index is 12.3. The lowest BCUT2D eigenvalue weighted by Gasteiger charge is -2.18. The van der Waals surface area contributed by atoms with Crippen molar-refractivity contribution >= 4 is 69.6 Å². The summed E-state index contributed by atoms with van der Waals surface area (Å²) in [5.41, 5.74) is 3.03. The van der Waals surface area contributed by atoms with Crippen molar-refractivity contribution < 1.29 is 28.6 Å². The van der Waals surface area contributed by atoms with Crippen LogP contribution in [0.2, 0.25) is 5.28 Å². The van der Waals surface area contributed by atoms with E-state index >= 15 is 0 Å². The van der Waals surface area contributed by atoms with Gasteiger partial charge in [0.2, 0.25) is 34.8 Å². The van der Waals surface area contributed by atoms with Gasteiger partial charge in [-0.1, -0.05) is 12.1 Å². The zero-order valence-corrected chi connectivity index (χ0v) is 33.0. The first-order chi connectivity index (χ1) is 26.5. The molecule has 1 saturated carbocycles. The molecule has 2 amide bonds. The Morgan fingerprint density at radius 1 is 1.00 bits per heavy atom. The molecule has 5 N–H and O–H groups in total. The summed E-state index contributed by atoms with van der Waals surface area (Å²) in [6.45, 7) is 7.44. The number of rotatable bonds is 11. The van der Waals surface area contributed by atoms with Gasteiger partial charge >= 0.3 is 6.09 Å². The lowest BCUT2D eigenvalue weighted by atomic mass is 9.98. The van der Waals surface area contributed by atoms with Crippen molar-refractivity contribution in [2.24, 2.45) is 0 Å². The van der Waals surface area contributed by atoms with Gasteiger partial charge in [0, 0.05) is 37.0 Å². The van der Waals surface area contributed by atoms with E-state index in [1.54, 1.807) is 31.4 Å². The van der Waals surface area contributed by atoms with Crippen LogP contribution in [0.5, 0.6) is 11.5 Å². The number of aromatic amines is 1. The Kier molecular flexibility index (Phi) is 14.6. The van der Waals surface area contributed by atoms with Crippen LogP contribution in [-0.2, 0) is 9.53 Å². The number of nitrogens with zero attached hydrogens (tertiary/aromatic N) is 4. The normalized spacial score (nSPS) is 15.0. The average molecular weight is 792 g/mol. The number of anilines is 3. The topological polar surface area (TPSA) is 194 Å². The molecule has 2 aromatic carbocycles. The van der Waals surface area contributed by atoms with Gasteiger partial charge in [0.05, 0.1) is 36.2 Å². The summed E-state index contributed by atoms with van der Waals surface area (Å²) >= 11 is 7.12. The van der Waals surface area contributed by atoms with E-state index in [0.29, 0.717) is 46.9 Å². The van der Waals surface area contributed by atoms with E-state index in [1.165, 1.54) is 31.3 Å². The lowest BCUT2D eigenvalue weighted by molar-refractivity contribution is -0.119.